The van der Waals surface area contributed by atoms with Crippen LogP contribution in [0.1, 0.15) is 5.56 Å². The van der Waals surface area contributed by atoms with Crippen LogP contribution >= 0.6 is 0 Å². The predicted octanol–water partition coefficient (Wildman–Crippen LogP) is 2.60. The summed E-state index contributed by atoms with van der Waals surface area (Å²) in [6.07, 6.45) is -2.50. The zero-order valence-electron chi connectivity index (χ0n) is 9.86. The fourth-order valence-corrected chi connectivity index (χ4v) is 1.37. The third-order valence-corrected chi connectivity index (χ3v) is 2.16. The van der Waals surface area contributed by atoms with Gasteiger partial charge in [0.1, 0.15) is 12.3 Å². The minimum absolute atomic E-state index is 0.0381. The van der Waals surface area contributed by atoms with Gasteiger partial charge in [-0.3, -0.25) is 10.1 Å². The van der Waals surface area contributed by atoms with Gasteiger partial charge in [-0.15, -0.1) is 0 Å². The standard InChI is InChI=1S/C11H14F2N2O3/c1-8-2-3-9(10(6-8)15(16)17)14-4-5-18-7-11(12)13/h2-3,6,11,14H,4-5,7H2,1H3. The zero-order chi connectivity index (χ0) is 13.5. The molecule has 0 aliphatic carbocycles. The molecule has 0 fully saturated rings. The Kier molecular flexibility index (Phi) is 5.44. The van der Waals surface area contributed by atoms with Crippen LogP contribution in [0.4, 0.5) is 20.2 Å². The Morgan fingerprint density at radius 2 is 2.22 bits per heavy atom. The Bertz CT molecular complexity index is 413. The van der Waals surface area contributed by atoms with Crippen molar-refractivity contribution in [1.82, 2.24) is 0 Å². The van der Waals surface area contributed by atoms with Gasteiger partial charge in [0.2, 0.25) is 0 Å². The average Bonchev–Trinajstić information content (AvgIpc) is 2.29. The smallest absolute Gasteiger partial charge is 0.292 e. The number of rotatable bonds is 7. The van der Waals surface area contributed by atoms with E-state index in [1.54, 1.807) is 19.1 Å². The summed E-state index contributed by atoms with van der Waals surface area (Å²) >= 11 is 0. The molecule has 0 atom stereocenters. The molecule has 0 bridgehead atoms. The van der Waals surface area contributed by atoms with Crippen molar-refractivity contribution in [2.75, 3.05) is 25.1 Å². The van der Waals surface area contributed by atoms with Crippen LogP contribution in [-0.2, 0) is 4.74 Å². The SMILES string of the molecule is Cc1ccc(NCCOCC(F)F)c([N+](=O)[O-])c1. The van der Waals surface area contributed by atoms with E-state index in [1.165, 1.54) is 6.07 Å². The van der Waals surface area contributed by atoms with E-state index >= 15 is 0 Å². The second-order valence-corrected chi connectivity index (χ2v) is 3.67. The van der Waals surface area contributed by atoms with Gasteiger partial charge in [0, 0.05) is 12.6 Å². The number of halogens is 2. The summed E-state index contributed by atoms with van der Waals surface area (Å²) in [6.45, 7) is 1.42. The largest absolute Gasteiger partial charge is 0.377 e. The van der Waals surface area contributed by atoms with Crippen molar-refractivity contribution in [2.45, 2.75) is 13.3 Å². The molecule has 0 saturated heterocycles. The first-order valence-corrected chi connectivity index (χ1v) is 5.35. The molecule has 100 valence electrons. The van der Waals surface area contributed by atoms with Gasteiger partial charge in [-0.25, -0.2) is 8.78 Å². The molecule has 0 spiro atoms. The van der Waals surface area contributed by atoms with E-state index in [1.807, 2.05) is 0 Å². The van der Waals surface area contributed by atoms with Crippen LogP contribution in [0.5, 0.6) is 0 Å². The molecule has 0 radical (unpaired) electrons. The monoisotopic (exact) mass is 260 g/mol. The molecule has 1 rings (SSSR count). The topological polar surface area (TPSA) is 64.4 Å². The van der Waals surface area contributed by atoms with Gasteiger partial charge in [-0.2, -0.15) is 0 Å². The molecule has 0 saturated carbocycles. The number of hydrogen-bond donors (Lipinski definition) is 1. The van der Waals surface area contributed by atoms with Gasteiger partial charge in [0.05, 0.1) is 11.5 Å². The molecular formula is C11H14F2N2O3. The third kappa shape index (κ3) is 4.62. The van der Waals surface area contributed by atoms with E-state index in [9.17, 15) is 18.9 Å². The molecule has 18 heavy (non-hydrogen) atoms. The first kappa shape index (κ1) is 14.3. The van der Waals surface area contributed by atoms with E-state index < -0.39 is 18.0 Å². The number of benzene rings is 1. The molecule has 1 aromatic rings. The van der Waals surface area contributed by atoms with Crippen molar-refractivity contribution < 1.29 is 18.4 Å². The zero-order valence-corrected chi connectivity index (χ0v) is 9.86. The summed E-state index contributed by atoms with van der Waals surface area (Å²) < 4.78 is 28.2. The maximum Gasteiger partial charge on any atom is 0.292 e. The highest BCUT2D eigenvalue weighted by Crippen LogP contribution is 2.24. The van der Waals surface area contributed by atoms with Gasteiger partial charge in [0.15, 0.2) is 0 Å². The van der Waals surface area contributed by atoms with Crippen LogP contribution in [0.3, 0.4) is 0 Å². The van der Waals surface area contributed by atoms with E-state index in [2.05, 4.69) is 10.1 Å². The Hall–Kier alpha value is -1.76. The first-order chi connectivity index (χ1) is 8.50. The summed E-state index contributed by atoms with van der Waals surface area (Å²) in [5, 5.41) is 13.6. The van der Waals surface area contributed by atoms with Crippen molar-refractivity contribution >= 4 is 11.4 Å². The maximum absolute atomic E-state index is 11.8. The fourth-order valence-electron chi connectivity index (χ4n) is 1.37. The Morgan fingerprint density at radius 1 is 1.50 bits per heavy atom. The number of ether oxygens (including phenoxy) is 1. The lowest BCUT2D eigenvalue weighted by Gasteiger charge is -2.08. The Balaban J connectivity index is 2.49. The minimum Gasteiger partial charge on any atom is -0.377 e. The van der Waals surface area contributed by atoms with Crippen molar-refractivity contribution in [3.05, 3.63) is 33.9 Å². The Labute approximate surface area is 103 Å². The van der Waals surface area contributed by atoms with Gasteiger partial charge in [-0.1, -0.05) is 6.07 Å². The van der Waals surface area contributed by atoms with Gasteiger partial charge in [-0.05, 0) is 18.6 Å². The van der Waals surface area contributed by atoms with E-state index in [4.69, 9.17) is 0 Å². The predicted molar refractivity (Wildman–Crippen MR) is 63.1 cm³/mol. The number of nitro benzene ring substituents is 1. The summed E-state index contributed by atoms with van der Waals surface area (Å²) in [4.78, 5) is 10.3. The summed E-state index contributed by atoms with van der Waals surface area (Å²) in [5.74, 6) is 0. The summed E-state index contributed by atoms with van der Waals surface area (Å²) in [7, 11) is 0. The molecule has 1 aromatic carbocycles. The molecule has 0 aliphatic heterocycles. The first-order valence-electron chi connectivity index (χ1n) is 5.35. The van der Waals surface area contributed by atoms with Crippen LogP contribution in [-0.4, -0.2) is 31.1 Å². The van der Waals surface area contributed by atoms with E-state index in [0.717, 1.165) is 5.56 Å². The van der Waals surface area contributed by atoms with Gasteiger partial charge >= 0.3 is 0 Å². The Morgan fingerprint density at radius 3 is 2.83 bits per heavy atom. The second-order valence-electron chi connectivity index (χ2n) is 3.67. The highest BCUT2D eigenvalue weighted by molar-refractivity contribution is 5.62. The number of aryl methyl sites for hydroxylation is 1. The molecule has 0 aliphatic rings. The number of hydrogen-bond acceptors (Lipinski definition) is 4. The van der Waals surface area contributed by atoms with Crippen LogP contribution in [0.25, 0.3) is 0 Å². The summed E-state index contributed by atoms with van der Waals surface area (Å²) in [5.41, 5.74) is 1.09. The van der Waals surface area contributed by atoms with Crippen molar-refractivity contribution in [1.29, 1.82) is 0 Å². The molecule has 0 unspecified atom stereocenters. The molecule has 0 aromatic heterocycles. The van der Waals surface area contributed by atoms with E-state index in [-0.39, 0.29) is 18.8 Å². The second kappa shape index (κ2) is 6.85. The average molecular weight is 260 g/mol. The normalized spacial score (nSPS) is 10.7. The summed E-state index contributed by atoms with van der Waals surface area (Å²) in [6, 6.07) is 4.76. The van der Waals surface area contributed by atoms with Crippen molar-refractivity contribution in [3.8, 4) is 0 Å². The van der Waals surface area contributed by atoms with Gasteiger partial charge < -0.3 is 10.1 Å². The van der Waals surface area contributed by atoms with Crippen LogP contribution in [0.15, 0.2) is 18.2 Å². The number of nitrogens with zero attached hydrogens (tertiary/aromatic N) is 1. The van der Waals surface area contributed by atoms with Crippen LogP contribution < -0.4 is 5.32 Å². The molecular weight excluding hydrogens is 246 g/mol. The molecule has 5 nitrogen and oxygen atoms in total. The van der Waals surface area contributed by atoms with Crippen molar-refractivity contribution in [3.63, 3.8) is 0 Å². The number of alkyl halides is 2. The molecule has 0 amide bonds. The van der Waals surface area contributed by atoms with Gasteiger partial charge in [0.25, 0.3) is 12.1 Å². The molecule has 7 heteroatoms. The molecule has 1 N–H and O–H groups in total. The lowest BCUT2D eigenvalue weighted by Crippen LogP contribution is -2.13. The van der Waals surface area contributed by atoms with Crippen molar-refractivity contribution in [2.24, 2.45) is 0 Å². The third-order valence-electron chi connectivity index (χ3n) is 2.16. The highest BCUT2D eigenvalue weighted by atomic mass is 19.3. The lowest BCUT2D eigenvalue weighted by molar-refractivity contribution is -0.384. The number of nitro groups is 1. The maximum atomic E-state index is 11.8. The quantitative estimate of drug-likeness (QED) is 0.465. The fraction of sp³-hybridized carbons (Fsp3) is 0.455. The number of anilines is 1. The minimum atomic E-state index is -2.50. The highest BCUT2D eigenvalue weighted by Gasteiger charge is 2.12. The molecule has 0 heterocycles. The van der Waals surface area contributed by atoms with Crippen LogP contribution in [0, 0.1) is 17.0 Å². The van der Waals surface area contributed by atoms with Crippen LogP contribution in [0.2, 0.25) is 0 Å². The van der Waals surface area contributed by atoms with E-state index in [0.29, 0.717) is 5.69 Å². The number of nitrogens with one attached hydrogen (secondary N) is 1. The lowest BCUT2D eigenvalue weighted by atomic mass is 10.2.